The number of rotatable bonds is 3. The van der Waals surface area contributed by atoms with Crippen molar-refractivity contribution in [1.82, 2.24) is 5.32 Å². The lowest BCUT2D eigenvalue weighted by molar-refractivity contribution is -0.116. The smallest absolute Gasteiger partial charge is 0.231 e. The summed E-state index contributed by atoms with van der Waals surface area (Å²) < 4.78 is 16.2. The summed E-state index contributed by atoms with van der Waals surface area (Å²) in [5.74, 6) is 1.87. The van der Waals surface area contributed by atoms with E-state index < -0.39 is 5.92 Å². The van der Waals surface area contributed by atoms with Gasteiger partial charge in [0.05, 0.1) is 24.7 Å². The molecule has 0 aromatic heterocycles. The first kappa shape index (κ1) is 19.3. The van der Waals surface area contributed by atoms with Crippen LogP contribution in [-0.4, -0.2) is 19.7 Å². The molecule has 6 heteroatoms. The zero-order valence-electron chi connectivity index (χ0n) is 17.4. The van der Waals surface area contributed by atoms with Gasteiger partial charge in [-0.1, -0.05) is 18.2 Å². The average molecular weight is 414 g/mol. The third-order valence-electron chi connectivity index (χ3n) is 6.27. The van der Waals surface area contributed by atoms with Gasteiger partial charge in [-0.25, -0.2) is 0 Å². The predicted molar refractivity (Wildman–Crippen MR) is 114 cm³/mol. The predicted octanol–water partition coefficient (Wildman–Crippen LogP) is 4.31. The van der Waals surface area contributed by atoms with Crippen molar-refractivity contribution >= 4 is 5.78 Å². The number of Topliss-reactive ketones (excluding diaryl/α,β-unsaturated/α-hetero) is 1. The fourth-order valence-corrected chi connectivity index (χ4v) is 4.72. The maximum atomic E-state index is 13.4. The number of fused-ring (bicyclic) bond motifs is 1. The summed E-state index contributed by atoms with van der Waals surface area (Å²) >= 11 is 0. The summed E-state index contributed by atoms with van der Waals surface area (Å²) in [4.78, 5) is 13.4. The number of benzene rings is 2. The van der Waals surface area contributed by atoms with Crippen molar-refractivity contribution in [2.75, 3.05) is 13.9 Å². The van der Waals surface area contributed by atoms with E-state index in [4.69, 9.17) is 14.2 Å². The Kier molecular flexibility index (Phi) is 4.67. The van der Waals surface area contributed by atoms with Crippen molar-refractivity contribution < 1.29 is 19.0 Å². The van der Waals surface area contributed by atoms with Gasteiger partial charge in [-0.2, -0.15) is 5.26 Å². The van der Waals surface area contributed by atoms with Crippen molar-refractivity contribution in [3.05, 3.63) is 76.1 Å². The number of nitriles is 1. The Labute approximate surface area is 180 Å². The largest absolute Gasteiger partial charge is 0.497 e. The van der Waals surface area contributed by atoms with Crippen molar-refractivity contribution in [2.24, 2.45) is 0 Å². The van der Waals surface area contributed by atoms with E-state index in [0.29, 0.717) is 35.5 Å². The number of dihydropyridines is 1. The van der Waals surface area contributed by atoms with Crippen LogP contribution in [0.4, 0.5) is 0 Å². The molecular weight excluding hydrogens is 392 g/mol. The van der Waals surface area contributed by atoms with Crippen LogP contribution in [0.5, 0.6) is 17.2 Å². The molecule has 5 rings (SSSR count). The topological polar surface area (TPSA) is 80.6 Å². The van der Waals surface area contributed by atoms with Gasteiger partial charge >= 0.3 is 0 Å². The van der Waals surface area contributed by atoms with Gasteiger partial charge in [0.2, 0.25) is 6.79 Å². The lowest BCUT2D eigenvalue weighted by Crippen LogP contribution is -2.33. The number of allylic oxidation sites excluding steroid dienone is 4. The molecule has 2 aromatic rings. The number of ether oxygens (including phenoxy) is 3. The molecule has 0 amide bonds. The summed E-state index contributed by atoms with van der Waals surface area (Å²) in [6.07, 6.45) is 1.12. The molecule has 2 aliphatic heterocycles. The number of hydrogen-bond acceptors (Lipinski definition) is 6. The summed E-state index contributed by atoms with van der Waals surface area (Å²) in [5.41, 5.74) is 4.91. The Bertz CT molecular complexity index is 1170. The second kappa shape index (κ2) is 7.51. The van der Waals surface area contributed by atoms with Gasteiger partial charge in [-0.05, 0) is 54.7 Å². The van der Waals surface area contributed by atoms with Crippen LogP contribution in [0, 0.1) is 11.3 Å². The highest BCUT2D eigenvalue weighted by Crippen LogP contribution is 2.47. The van der Waals surface area contributed by atoms with E-state index in [-0.39, 0.29) is 18.5 Å². The van der Waals surface area contributed by atoms with Crippen molar-refractivity contribution in [3.8, 4) is 23.3 Å². The molecule has 0 fully saturated rings. The number of nitrogens with zero attached hydrogens (tertiary/aromatic N) is 1. The number of methoxy groups -OCH3 is 1. The summed E-state index contributed by atoms with van der Waals surface area (Å²) in [6.45, 7) is 2.07. The zero-order chi connectivity index (χ0) is 21.5. The Balaban J connectivity index is 1.55. The van der Waals surface area contributed by atoms with E-state index in [1.807, 2.05) is 49.4 Å². The third kappa shape index (κ3) is 3.23. The van der Waals surface area contributed by atoms with E-state index in [2.05, 4.69) is 11.4 Å². The molecule has 2 atom stereocenters. The third-order valence-corrected chi connectivity index (χ3v) is 6.27. The Morgan fingerprint density at radius 1 is 1.06 bits per heavy atom. The molecule has 156 valence electrons. The highest BCUT2D eigenvalue weighted by atomic mass is 16.7. The molecule has 1 aliphatic carbocycles. The molecule has 3 aliphatic rings. The summed E-state index contributed by atoms with van der Waals surface area (Å²) in [5, 5.41) is 13.3. The van der Waals surface area contributed by atoms with Crippen LogP contribution in [0.25, 0.3) is 0 Å². The number of carbonyl (C=O) groups excluding carboxylic acids is 1. The molecule has 6 nitrogen and oxygen atoms in total. The first-order chi connectivity index (χ1) is 15.1. The molecule has 31 heavy (non-hydrogen) atoms. The lowest BCUT2D eigenvalue weighted by atomic mass is 9.72. The van der Waals surface area contributed by atoms with Crippen molar-refractivity contribution in [1.29, 1.82) is 5.26 Å². The quantitative estimate of drug-likeness (QED) is 0.806. The molecular formula is C25H22N2O4. The second-order valence-electron chi connectivity index (χ2n) is 8.01. The van der Waals surface area contributed by atoms with Gasteiger partial charge in [0, 0.05) is 23.4 Å². The molecule has 0 saturated heterocycles. The van der Waals surface area contributed by atoms with Crippen molar-refractivity contribution in [2.45, 2.75) is 31.6 Å². The molecule has 2 heterocycles. The minimum Gasteiger partial charge on any atom is -0.497 e. The summed E-state index contributed by atoms with van der Waals surface area (Å²) in [6, 6.07) is 15.9. The van der Waals surface area contributed by atoms with Crippen molar-refractivity contribution in [3.63, 3.8) is 0 Å². The minimum atomic E-state index is -0.403. The standard InChI is InChI=1S/C25H22N2O4/c1-14-19(12-26)24(16-5-8-22-23(11-16)31-13-30-22)25-20(27-14)9-17(10-21(25)28)15-3-6-18(29-2)7-4-15/h3-8,11,17,24,27H,9-10,13H2,1-2H3/t17-,24-/m0/s1. The first-order valence-corrected chi connectivity index (χ1v) is 10.3. The fraction of sp³-hybridized carbons (Fsp3) is 0.280. The van der Waals surface area contributed by atoms with Gasteiger partial charge in [0.1, 0.15) is 5.75 Å². The van der Waals surface area contributed by atoms with E-state index in [1.54, 1.807) is 7.11 Å². The SMILES string of the molecule is COc1ccc([C@@H]2CC(=O)C3=C(C2)NC(C)=C(C#N)[C@@H]3c2ccc3c(c2)OCO3)cc1. The van der Waals surface area contributed by atoms with Gasteiger partial charge in [0.15, 0.2) is 17.3 Å². The van der Waals surface area contributed by atoms with E-state index in [9.17, 15) is 10.1 Å². The Hall–Kier alpha value is -3.72. The van der Waals surface area contributed by atoms with Crippen LogP contribution in [-0.2, 0) is 4.79 Å². The molecule has 1 N–H and O–H groups in total. The molecule has 0 radical (unpaired) electrons. The highest BCUT2D eigenvalue weighted by molar-refractivity contribution is 6.00. The van der Waals surface area contributed by atoms with E-state index in [1.165, 1.54) is 0 Å². The van der Waals surface area contributed by atoms with Crippen LogP contribution >= 0.6 is 0 Å². The van der Waals surface area contributed by atoms with Gasteiger partial charge in [0.25, 0.3) is 0 Å². The van der Waals surface area contributed by atoms with E-state index >= 15 is 0 Å². The summed E-state index contributed by atoms with van der Waals surface area (Å²) in [7, 11) is 1.64. The molecule has 0 bridgehead atoms. The van der Waals surface area contributed by atoms with Gasteiger partial charge < -0.3 is 19.5 Å². The van der Waals surface area contributed by atoms with Crippen LogP contribution < -0.4 is 19.5 Å². The van der Waals surface area contributed by atoms with Crippen LogP contribution in [0.15, 0.2) is 65.0 Å². The molecule has 0 spiro atoms. The maximum Gasteiger partial charge on any atom is 0.231 e. The second-order valence-corrected chi connectivity index (χ2v) is 8.01. The molecule has 2 aromatic carbocycles. The molecule has 0 saturated carbocycles. The molecule has 0 unspecified atom stereocenters. The monoisotopic (exact) mass is 414 g/mol. The van der Waals surface area contributed by atoms with Crippen LogP contribution in [0.1, 0.15) is 42.7 Å². The lowest BCUT2D eigenvalue weighted by Gasteiger charge is -2.35. The van der Waals surface area contributed by atoms with Crippen LogP contribution in [0.2, 0.25) is 0 Å². The number of nitrogens with one attached hydrogen (secondary N) is 1. The first-order valence-electron chi connectivity index (χ1n) is 10.3. The highest BCUT2D eigenvalue weighted by Gasteiger charge is 2.39. The van der Waals surface area contributed by atoms with Gasteiger partial charge in [-0.3, -0.25) is 4.79 Å². The normalized spacial score (nSPS) is 22.0. The fourth-order valence-electron chi connectivity index (χ4n) is 4.72. The van der Waals surface area contributed by atoms with E-state index in [0.717, 1.165) is 28.3 Å². The Morgan fingerprint density at radius 2 is 1.81 bits per heavy atom. The number of hydrogen-bond donors (Lipinski definition) is 1. The average Bonchev–Trinajstić information content (AvgIpc) is 3.26. The number of carbonyl (C=O) groups is 1. The Morgan fingerprint density at radius 3 is 2.55 bits per heavy atom. The minimum absolute atomic E-state index is 0.0671. The zero-order valence-corrected chi connectivity index (χ0v) is 17.4. The van der Waals surface area contributed by atoms with Crippen LogP contribution in [0.3, 0.4) is 0 Å². The maximum absolute atomic E-state index is 13.4. The number of ketones is 1. The van der Waals surface area contributed by atoms with Gasteiger partial charge in [-0.15, -0.1) is 0 Å².